The molecule has 0 radical (unpaired) electrons. The summed E-state index contributed by atoms with van der Waals surface area (Å²) in [5.41, 5.74) is 1.43. The molecule has 108 valence electrons. The number of amides is 1. The zero-order chi connectivity index (χ0) is 15.1. The molecule has 0 heterocycles. The molecule has 0 fully saturated rings. The number of carbonyl (C=O) groups is 2. The number of thiol groups is 1. The summed E-state index contributed by atoms with van der Waals surface area (Å²) in [6.07, 6.45) is 0. The van der Waals surface area contributed by atoms with Gasteiger partial charge in [0.05, 0.1) is 5.71 Å². The predicted molar refractivity (Wildman–Crippen MR) is 81.0 cm³/mol. The minimum Gasteiger partial charge on any atom is -0.480 e. The van der Waals surface area contributed by atoms with E-state index in [1.54, 1.807) is 13.8 Å². The Balaban J connectivity index is 3.00. The maximum atomic E-state index is 12.1. The molecule has 5 nitrogen and oxygen atoms in total. The molecule has 0 bridgehead atoms. The number of carbonyl (C=O) groups excluding carboxylic acids is 1. The zero-order valence-electron chi connectivity index (χ0n) is 11.5. The van der Waals surface area contributed by atoms with Gasteiger partial charge >= 0.3 is 5.97 Å². The van der Waals surface area contributed by atoms with Crippen molar-refractivity contribution in [2.24, 2.45) is 11.0 Å². The molecule has 0 aliphatic heterocycles. The van der Waals surface area contributed by atoms with Crippen LogP contribution in [0.2, 0.25) is 0 Å². The van der Waals surface area contributed by atoms with Gasteiger partial charge in [0.15, 0.2) is 0 Å². The summed E-state index contributed by atoms with van der Waals surface area (Å²) in [6, 6.07) is 9.29. The topological polar surface area (TPSA) is 70.0 Å². The molecule has 1 aromatic carbocycles. The minimum absolute atomic E-state index is 0.342. The van der Waals surface area contributed by atoms with Crippen LogP contribution in [0, 0.1) is 5.92 Å². The van der Waals surface area contributed by atoms with Crippen molar-refractivity contribution in [1.82, 2.24) is 5.01 Å². The summed E-state index contributed by atoms with van der Waals surface area (Å²) < 4.78 is 0. The van der Waals surface area contributed by atoms with Gasteiger partial charge in [0.25, 0.3) is 0 Å². The number of hydrogen-bond donors (Lipinski definition) is 2. The van der Waals surface area contributed by atoms with Crippen LogP contribution in [0.4, 0.5) is 0 Å². The summed E-state index contributed by atoms with van der Waals surface area (Å²) in [7, 11) is 0. The second-order valence-electron chi connectivity index (χ2n) is 4.42. The van der Waals surface area contributed by atoms with Crippen molar-refractivity contribution in [2.45, 2.75) is 13.8 Å². The Morgan fingerprint density at radius 3 is 2.45 bits per heavy atom. The molecule has 1 aromatic rings. The summed E-state index contributed by atoms with van der Waals surface area (Å²) >= 11 is 4.06. The first kappa shape index (κ1) is 16.2. The van der Waals surface area contributed by atoms with Crippen LogP contribution in [0.25, 0.3) is 0 Å². The third-order valence-corrected chi connectivity index (χ3v) is 3.24. The van der Waals surface area contributed by atoms with Crippen molar-refractivity contribution < 1.29 is 14.7 Å². The lowest BCUT2D eigenvalue weighted by atomic mass is 10.1. The number of benzene rings is 1. The van der Waals surface area contributed by atoms with E-state index in [4.69, 9.17) is 5.11 Å². The molecule has 1 unspecified atom stereocenters. The molecule has 0 aromatic heterocycles. The number of aliphatic carboxylic acids is 1. The number of nitrogens with zero attached hydrogens (tertiary/aromatic N) is 2. The summed E-state index contributed by atoms with van der Waals surface area (Å²) in [6.45, 7) is 2.97. The quantitative estimate of drug-likeness (QED) is 0.478. The normalized spacial score (nSPS) is 12.8. The zero-order valence-corrected chi connectivity index (χ0v) is 12.4. The Kier molecular flexibility index (Phi) is 6.24. The number of rotatable bonds is 6. The van der Waals surface area contributed by atoms with Gasteiger partial charge in [-0.25, -0.2) is 5.01 Å². The van der Waals surface area contributed by atoms with Crippen LogP contribution in [0.3, 0.4) is 0 Å². The lowest BCUT2D eigenvalue weighted by Crippen LogP contribution is -2.36. The first-order valence-corrected chi connectivity index (χ1v) is 6.83. The second kappa shape index (κ2) is 7.69. The van der Waals surface area contributed by atoms with E-state index in [1.165, 1.54) is 0 Å². The highest BCUT2D eigenvalue weighted by molar-refractivity contribution is 7.80. The average molecular weight is 294 g/mol. The van der Waals surface area contributed by atoms with Crippen LogP contribution in [-0.2, 0) is 9.59 Å². The standard InChI is InChI=1S/C14H18N2O3S/c1-10(9-20)14(19)16(8-13(17)18)15-11(2)12-6-4-3-5-7-12/h3-7,10,20H,8-9H2,1-2H3,(H,17,18)/b15-11-. The number of carboxylic acid groups (broad SMARTS) is 1. The van der Waals surface area contributed by atoms with Crippen LogP contribution in [0.5, 0.6) is 0 Å². The maximum absolute atomic E-state index is 12.1. The van der Waals surface area contributed by atoms with Crippen LogP contribution in [-0.4, -0.2) is 40.0 Å². The van der Waals surface area contributed by atoms with E-state index >= 15 is 0 Å². The Labute approximate surface area is 123 Å². The molecule has 0 saturated heterocycles. The van der Waals surface area contributed by atoms with E-state index in [9.17, 15) is 9.59 Å². The van der Waals surface area contributed by atoms with Gasteiger partial charge in [-0.1, -0.05) is 37.3 Å². The number of hydrogen-bond acceptors (Lipinski definition) is 4. The monoisotopic (exact) mass is 294 g/mol. The lowest BCUT2D eigenvalue weighted by molar-refractivity contribution is -0.145. The van der Waals surface area contributed by atoms with E-state index in [0.29, 0.717) is 11.5 Å². The smallest absolute Gasteiger partial charge is 0.325 e. The molecule has 1 rings (SSSR count). The molecule has 20 heavy (non-hydrogen) atoms. The van der Waals surface area contributed by atoms with Gasteiger partial charge in [-0.05, 0) is 12.5 Å². The van der Waals surface area contributed by atoms with Crippen molar-refractivity contribution in [1.29, 1.82) is 0 Å². The van der Waals surface area contributed by atoms with Crippen LogP contribution in [0.15, 0.2) is 35.4 Å². The van der Waals surface area contributed by atoms with E-state index in [1.807, 2.05) is 30.3 Å². The van der Waals surface area contributed by atoms with E-state index in [2.05, 4.69) is 17.7 Å². The largest absolute Gasteiger partial charge is 0.480 e. The summed E-state index contributed by atoms with van der Waals surface area (Å²) in [5.74, 6) is -1.49. The van der Waals surface area contributed by atoms with Crippen LogP contribution < -0.4 is 0 Å². The molecular weight excluding hydrogens is 276 g/mol. The first-order valence-electron chi connectivity index (χ1n) is 6.20. The lowest BCUT2D eigenvalue weighted by Gasteiger charge is -2.19. The van der Waals surface area contributed by atoms with Crippen molar-refractivity contribution >= 4 is 30.2 Å². The van der Waals surface area contributed by atoms with Crippen LogP contribution in [0.1, 0.15) is 19.4 Å². The Bertz CT molecular complexity index is 502. The Hall–Kier alpha value is -1.82. The van der Waals surface area contributed by atoms with E-state index in [0.717, 1.165) is 10.6 Å². The third kappa shape index (κ3) is 4.70. The highest BCUT2D eigenvalue weighted by atomic mass is 32.1. The molecule has 0 aliphatic rings. The van der Waals surface area contributed by atoms with Gasteiger partial charge in [0.2, 0.25) is 5.91 Å². The fourth-order valence-corrected chi connectivity index (χ4v) is 1.70. The van der Waals surface area contributed by atoms with E-state index in [-0.39, 0.29) is 11.8 Å². The summed E-state index contributed by atoms with van der Waals surface area (Å²) in [5, 5.41) is 14.0. The van der Waals surface area contributed by atoms with Gasteiger partial charge in [-0.3, -0.25) is 9.59 Å². The molecule has 1 atom stereocenters. The van der Waals surface area contributed by atoms with Gasteiger partial charge in [-0.2, -0.15) is 17.7 Å². The maximum Gasteiger partial charge on any atom is 0.325 e. The van der Waals surface area contributed by atoms with Gasteiger partial charge in [-0.15, -0.1) is 0 Å². The minimum atomic E-state index is -1.10. The predicted octanol–water partition coefficient (Wildman–Crippen LogP) is 1.89. The molecule has 1 amide bonds. The van der Waals surface area contributed by atoms with Gasteiger partial charge in [0, 0.05) is 11.7 Å². The average Bonchev–Trinajstić information content (AvgIpc) is 2.45. The first-order chi connectivity index (χ1) is 9.45. The SMILES string of the molecule is C/C(=N/N(CC(=O)O)C(=O)C(C)CS)c1ccccc1. The van der Waals surface area contributed by atoms with Crippen LogP contribution >= 0.6 is 12.6 Å². The molecule has 0 aliphatic carbocycles. The number of hydrazone groups is 1. The van der Waals surface area contributed by atoms with Crippen molar-refractivity contribution in [3.8, 4) is 0 Å². The van der Waals surface area contributed by atoms with Gasteiger partial charge < -0.3 is 5.11 Å². The Morgan fingerprint density at radius 2 is 1.95 bits per heavy atom. The Morgan fingerprint density at radius 1 is 1.35 bits per heavy atom. The van der Waals surface area contributed by atoms with E-state index < -0.39 is 12.5 Å². The fourth-order valence-electron chi connectivity index (χ4n) is 1.54. The highest BCUT2D eigenvalue weighted by Gasteiger charge is 2.21. The van der Waals surface area contributed by atoms with Crippen molar-refractivity contribution in [3.63, 3.8) is 0 Å². The summed E-state index contributed by atoms with van der Waals surface area (Å²) in [4.78, 5) is 22.9. The second-order valence-corrected chi connectivity index (χ2v) is 4.79. The molecule has 0 spiro atoms. The van der Waals surface area contributed by atoms with Crippen molar-refractivity contribution in [2.75, 3.05) is 12.3 Å². The van der Waals surface area contributed by atoms with Gasteiger partial charge in [0.1, 0.15) is 6.54 Å². The molecular formula is C14H18N2O3S. The highest BCUT2D eigenvalue weighted by Crippen LogP contribution is 2.08. The van der Waals surface area contributed by atoms with Crippen molar-refractivity contribution in [3.05, 3.63) is 35.9 Å². The third-order valence-electron chi connectivity index (χ3n) is 2.70. The number of carboxylic acids is 1. The molecule has 0 saturated carbocycles. The fraction of sp³-hybridized carbons (Fsp3) is 0.357. The molecule has 1 N–H and O–H groups in total. The molecule has 6 heteroatoms.